The third-order valence-corrected chi connectivity index (χ3v) is 7.23. The van der Waals surface area contributed by atoms with E-state index in [1.54, 1.807) is 31.2 Å². The third kappa shape index (κ3) is 6.30. The number of nitrogens with one attached hydrogen (secondary N) is 1. The van der Waals surface area contributed by atoms with Crippen LogP contribution in [-0.4, -0.2) is 26.1 Å². The van der Waals surface area contributed by atoms with Crippen molar-refractivity contribution in [2.75, 3.05) is 13.1 Å². The second-order valence-corrected chi connectivity index (χ2v) is 10.6. The van der Waals surface area contributed by atoms with Crippen LogP contribution in [0, 0.1) is 12.7 Å². The molecule has 0 amide bonds. The fourth-order valence-corrected chi connectivity index (χ4v) is 4.92. The highest BCUT2D eigenvalue weighted by Gasteiger charge is 2.42. The summed E-state index contributed by atoms with van der Waals surface area (Å²) in [6.45, 7) is 5.58. The van der Waals surface area contributed by atoms with E-state index in [0.717, 1.165) is 42.8 Å². The Morgan fingerprint density at radius 3 is 2.33 bits per heavy atom. The monoisotopic (exact) mass is 555 g/mol. The zero-order valence-corrected chi connectivity index (χ0v) is 22.2. The number of para-hydroxylation sites is 1. The molecule has 0 bridgehead atoms. The lowest BCUT2D eigenvalue weighted by Crippen LogP contribution is -2.33. The molecule has 1 fully saturated rings. The lowest BCUT2D eigenvalue weighted by Gasteiger charge is -2.26. The standard InChI is InChI=1S/C19H19ClFNO2.C7H8O3S.ClH/c1-19(15-6-5-13(20)11-16(15)21)23-17-4-2-3-14(18(17)24-19)12-7-9-22-10-8-12;1-6-2-4-7(5-3-6)11(8,9)10;/h2-6,11-12,22H,7-10H2,1H3;2-5H,1H3,(H,8,9,10);1H/t19-;;/m0../s1. The van der Waals surface area contributed by atoms with Crippen LogP contribution in [-0.2, 0) is 15.9 Å². The number of hydrogen-bond acceptors (Lipinski definition) is 5. The number of hydrogen-bond donors (Lipinski definition) is 2. The van der Waals surface area contributed by atoms with E-state index in [0.29, 0.717) is 22.3 Å². The first kappa shape index (κ1) is 28.2. The minimum atomic E-state index is -4.02. The van der Waals surface area contributed by atoms with Crippen LogP contribution in [0.15, 0.2) is 65.6 Å². The van der Waals surface area contributed by atoms with Crippen LogP contribution in [0.3, 0.4) is 0 Å². The lowest BCUT2D eigenvalue weighted by molar-refractivity contribution is -0.0711. The smallest absolute Gasteiger partial charge is 0.294 e. The highest BCUT2D eigenvalue weighted by Crippen LogP contribution is 2.49. The lowest BCUT2D eigenvalue weighted by atomic mass is 9.89. The van der Waals surface area contributed by atoms with Gasteiger partial charge in [-0.05, 0) is 75.2 Å². The molecule has 0 saturated carbocycles. The normalized spacial score (nSPS) is 19.1. The van der Waals surface area contributed by atoms with Crippen molar-refractivity contribution in [2.45, 2.75) is 43.3 Å². The summed E-state index contributed by atoms with van der Waals surface area (Å²) in [5, 5.41) is 3.73. The molecule has 3 aromatic carbocycles. The molecule has 0 aromatic heterocycles. The summed E-state index contributed by atoms with van der Waals surface area (Å²) in [5.74, 6) is 0.229. The van der Waals surface area contributed by atoms with Crippen molar-refractivity contribution < 1.29 is 26.8 Å². The predicted octanol–water partition coefficient (Wildman–Crippen LogP) is 6.25. The fourth-order valence-electron chi connectivity index (χ4n) is 4.28. The van der Waals surface area contributed by atoms with Gasteiger partial charge in [-0.3, -0.25) is 4.55 Å². The molecule has 3 aromatic rings. The van der Waals surface area contributed by atoms with Crippen LogP contribution in [0.25, 0.3) is 0 Å². The van der Waals surface area contributed by atoms with Crippen molar-refractivity contribution >= 4 is 34.1 Å². The Morgan fingerprint density at radius 1 is 1.06 bits per heavy atom. The van der Waals surface area contributed by atoms with E-state index in [1.807, 2.05) is 19.1 Å². The molecular formula is C26H28Cl2FNO5S. The zero-order chi connectivity index (χ0) is 25.2. The van der Waals surface area contributed by atoms with Gasteiger partial charge >= 0.3 is 0 Å². The van der Waals surface area contributed by atoms with Crippen molar-refractivity contribution in [3.05, 3.63) is 88.2 Å². The molecule has 6 nitrogen and oxygen atoms in total. The van der Waals surface area contributed by atoms with E-state index in [1.165, 1.54) is 18.2 Å². The third-order valence-electron chi connectivity index (χ3n) is 6.13. The van der Waals surface area contributed by atoms with Gasteiger partial charge in [-0.2, -0.15) is 8.42 Å². The predicted molar refractivity (Wildman–Crippen MR) is 140 cm³/mol. The zero-order valence-electron chi connectivity index (χ0n) is 19.8. The van der Waals surface area contributed by atoms with Crippen molar-refractivity contribution in [1.29, 1.82) is 0 Å². The molecule has 0 radical (unpaired) electrons. The fraction of sp³-hybridized carbons (Fsp3) is 0.308. The molecule has 0 spiro atoms. The van der Waals surface area contributed by atoms with Crippen molar-refractivity contribution in [3.8, 4) is 11.5 Å². The number of halogens is 3. The molecular weight excluding hydrogens is 528 g/mol. The first-order valence-corrected chi connectivity index (χ1v) is 13.1. The van der Waals surface area contributed by atoms with Gasteiger partial charge in [0.25, 0.3) is 15.9 Å². The molecule has 0 aliphatic carbocycles. The van der Waals surface area contributed by atoms with E-state index in [9.17, 15) is 12.8 Å². The van der Waals surface area contributed by atoms with Crippen LogP contribution in [0.4, 0.5) is 4.39 Å². The van der Waals surface area contributed by atoms with Gasteiger partial charge in [0, 0.05) is 17.5 Å². The maximum absolute atomic E-state index is 14.4. The van der Waals surface area contributed by atoms with Crippen LogP contribution < -0.4 is 14.8 Å². The minimum Gasteiger partial charge on any atom is -0.444 e. The molecule has 0 unspecified atom stereocenters. The van der Waals surface area contributed by atoms with Gasteiger partial charge < -0.3 is 14.8 Å². The van der Waals surface area contributed by atoms with Crippen LogP contribution >= 0.6 is 24.0 Å². The van der Waals surface area contributed by atoms with Gasteiger partial charge in [0.15, 0.2) is 11.5 Å². The van der Waals surface area contributed by atoms with E-state index in [4.69, 9.17) is 25.6 Å². The van der Waals surface area contributed by atoms with E-state index >= 15 is 0 Å². The quantitative estimate of drug-likeness (QED) is 0.371. The molecule has 1 saturated heterocycles. The van der Waals surface area contributed by atoms with Crippen LogP contribution in [0.2, 0.25) is 5.02 Å². The Labute approximate surface area is 221 Å². The summed E-state index contributed by atoms with van der Waals surface area (Å²) in [4.78, 5) is -0.0666. The summed E-state index contributed by atoms with van der Waals surface area (Å²) in [6, 6.07) is 16.5. The van der Waals surface area contributed by atoms with Crippen LogP contribution in [0.5, 0.6) is 11.5 Å². The molecule has 2 aliphatic heterocycles. The number of aryl methyl sites for hydroxylation is 1. The Bertz CT molecular complexity index is 1310. The van der Waals surface area contributed by atoms with E-state index < -0.39 is 21.7 Å². The highest BCUT2D eigenvalue weighted by atomic mass is 35.5. The van der Waals surface area contributed by atoms with Gasteiger partial charge in [-0.15, -0.1) is 12.4 Å². The van der Waals surface area contributed by atoms with E-state index in [-0.39, 0.29) is 17.3 Å². The van der Waals surface area contributed by atoms with Crippen molar-refractivity contribution in [1.82, 2.24) is 5.32 Å². The summed E-state index contributed by atoms with van der Waals surface area (Å²) >= 11 is 5.86. The summed E-state index contributed by atoms with van der Waals surface area (Å²) in [5.41, 5.74) is 2.45. The second-order valence-electron chi connectivity index (χ2n) is 8.76. The number of rotatable bonds is 3. The highest BCUT2D eigenvalue weighted by molar-refractivity contribution is 7.85. The Morgan fingerprint density at radius 2 is 1.72 bits per heavy atom. The molecule has 194 valence electrons. The summed E-state index contributed by atoms with van der Waals surface area (Å²) < 4.78 is 56.1. The van der Waals surface area contributed by atoms with Gasteiger partial charge in [0.1, 0.15) is 5.82 Å². The van der Waals surface area contributed by atoms with Gasteiger partial charge in [-0.25, -0.2) is 4.39 Å². The first-order valence-electron chi connectivity index (χ1n) is 11.3. The summed E-state index contributed by atoms with van der Waals surface area (Å²) in [7, 11) is -4.02. The second kappa shape index (κ2) is 11.4. The number of fused-ring (bicyclic) bond motifs is 1. The molecule has 1 atom stereocenters. The summed E-state index contributed by atoms with van der Waals surface area (Å²) in [6.07, 6.45) is 2.12. The largest absolute Gasteiger partial charge is 0.444 e. The van der Waals surface area contributed by atoms with Crippen LogP contribution in [0.1, 0.15) is 42.4 Å². The topological polar surface area (TPSA) is 84.9 Å². The van der Waals surface area contributed by atoms with Gasteiger partial charge in [-0.1, -0.05) is 41.4 Å². The maximum atomic E-state index is 14.4. The molecule has 2 heterocycles. The molecule has 2 aliphatic rings. The van der Waals surface area contributed by atoms with Crippen molar-refractivity contribution in [3.63, 3.8) is 0 Å². The molecule has 36 heavy (non-hydrogen) atoms. The van der Waals surface area contributed by atoms with Gasteiger partial charge in [0.05, 0.1) is 10.5 Å². The van der Waals surface area contributed by atoms with E-state index in [2.05, 4.69) is 11.4 Å². The van der Waals surface area contributed by atoms with Crippen molar-refractivity contribution in [2.24, 2.45) is 0 Å². The minimum absolute atomic E-state index is 0. The maximum Gasteiger partial charge on any atom is 0.294 e. The van der Waals surface area contributed by atoms with Gasteiger partial charge in [0.2, 0.25) is 0 Å². The Balaban J connectivity index is 0.000000256. The SMILES string of the molecule is C[C@]1(c2ccc(Cl)cc2F)Oc2cccc(C3CCNCC3)c2O1.Cc1ccc(S(=O)(=O)O)cc1.Cl. The Hall–Kier alpha value is -2.36. The Kier molecular flexibility index (Phi) is 8.90. The molecule has 5 rings (SSSR count). The first-order chi connectivity index (χ1) is 16.6. The average Bonchev–Trinajstić information content (AvgIpc) is 3.16. The number of ether oxygens (including phenoxy) is 2. The average molecular weight is 556 g/mol. The molecule has 10 heteroatoms. The molecule has 2 N–H and O–H groups in total. The number of benzene rings is 3. The number of piperidine rings is 1.